The quantitative estimate of drug-likeness (QED) is 0.672. The highest BCUT2D eigenvalue weighted by molar-refractivity contribution is 5.64. The predicted octanol–water partition coefficient (Wildman–Crippen LogP) is 3.18. The number of morpholine rings is 2. The van der Waals surface area contributed by atoms with E-state index in [1.807, 2.05) is 0 Å². The molecule has 0 saturated carbocycles. The predicted molar refractivity (Wildman–Crippen MR) is 126 cm³/mol. The second kappa shape index (κ2) is 10.3. The van der Waals surface area contributed by atoms with Crippen molar-refractivity contribution in [1.82, 2.24) is 19.9 Å². The Hall–Kier alpha value is -2.66. The highest BCUT2D eigenvalue weighted by Crippen LogP contribution is 2.33. The highest BCUT2D eigenvalue weighted by atomic mass is 19.3. The summed E-state index contributed by atoms with van der Waals surface area (Å²) in [6.45, 7) is 11.8. The third kappa shape index (κ3) is 5.05. The number of alkyl halides is 2. The van der Waals surface area contributed by atoms with E-state index < -0.39 is 6.43 Å². The van der Waals surface area contributed by atoms with E-state index in [4.69, 9.17) is 20.2 Å². The normalized spacial score (nSPS) is 21.7. The Balaban J connectivity index is 1.87. The Labute approximate surface area is 198 Å². The molecular formula is C23H33F2N7O2. The molecule has 2 aromatic heterocycles. The van der Waals surface area contributed by atoms with Crippen molar-refractivity contribution >= 4 is 17.7 Å². The molecule has 0 radical (unpaired) electrons. The molecule has 2 fully saturated rings. The Kier molecular flexibility index (Phi) is 7.42. The first-order valence-corrected chi connectivity index (χ1v) is 11.7. The largest absolute Gasteiger partial charge is 0.384 e. The standard InChI is InChI=1S/C23H33F2N7O2/c1-13(2)17-11-33-7-5-31(17)22-28-21(16-10-27-19(26)9-15(16)20(24)25)29-23(30-22)32-6-8-34-12-18(32)14(3)4/h9-10,13-14,17-18,20H,5-8,11-12H2,1-4H3,(H2,26,27)/t17-,18-/m0/s1. The Morgan fingerprint density at radius 1 is 0.912 bits per heavy atom. The van der Waals surface area contributed by atoms with Crippen molar-refractivity contribution in [3.8, 4) is 11.4 Å². The number of pyridine rings is 1. The summed E-state index contributed by atoms with van der Waals surface area (Å²) in [5, 5.41) is 0. The van der Waals surface area contributed by atoms with E-state index in [1.54, 1.807) is 0 Å². The van der Waals surface area contributed by atoms with Crippen LogP contribution in [0.25, 0.3) is 11.4 Å². The summed E-state index contributed by atoms with van der Waals surface area (Å²) in [5.74, 6) is 1.65. The first-order chi connectivity index (χ1) is 16.3. The summed E-state index contributed by atoms with van der Waals surface area (Å²) < 4.78 is 39.3. The van der Waals surface area contributed by atoms with Gasteiger partial charge in [-0.25, -0.2) is 13.8 Å². The van der Waals surface area contributed by atoms with Gasteiger partial charge in [0.05, 0.1) is 38.5 Å². The molecule has 2 aliphatic heterocycles. The maximum Gasteiger partial charge on any atom is 0.264 e. The number of halogens is 2. The summed E-state index contributed by atoms with van der Waals surface area (Å²) >= 11 is 0. The number of hydrogen-bond acceptors (Lipinski definition) is 9. The molecule has 2 aliphatic rings. The molecule has 2 N–H and O–H groups in total. The maximum absolute atomic E-state index is 13.9. The lowest BCUT2D eigenvalue weighted by Crippen LogP contribution is -2.51. The minimum absolute atomic E-state index is 0.0228. The fraction of sp³-hybridized carbons (Fsp3) is 0.652. The summed E-state index contributed by atoms with van der Waals surface area (Å²) in [6, 6.07) is 1.29. The van der Waals surface area contributed by atoms with Crippen molar-refractivity contribution in [2.45, 2.75) is 46.2 Å². The van der Waals surface area contributed by atoms with Crippen LogP contribution in [-0.2, 0) is 9.47 Å². The molecule has 4 heterocycles. The fourth-order valence-corrected chi connectivity index (χ4v) is 4.43. The molecule has 4 rings (SSSR count). The number of nitrogens with zero attached hydrogens (tertiary/aromatic N) is 6. The van der Waals surface area contributed by atoms with Crippen LogP contribution in [0.3, 0.4) is 0 Å². The van der Waals surface area contributed by atoms with Crippen LogP contribution >= 0.6 is 0 Å². The van der Waals surface area contributed by atoms with Gasteiger partial charge in [0.1, 0.15) is 5.82 Å². The maximum atomic E-state index is 13.9. The van der Waals surface area contributed by atoms with E-state index in [2.05, 4.69) is 52.4 Å². The lowest BCUT2D eigenvalue weighted by Gasteiger charge is -2.40. The van der Waals surface area contributed by atoms with Gasteiger partial charge in [-0.2, -0.15) is 15.0 Å². The van der Waals surface area contributed by atoms with Crippen LogP contribution in [0.5, 0.6) is 0 Å². The molecule has 9 nitrogen and oxygen atoms in total. The van der Waals surface area contributed by atoms with E-state index in [9.17, 15) is 8.78 Å². The monoisotopic (exact) mass is 477 g/mol. The second-order valence-electron chi connectivity index (χ2n) is 9.42. The van der Waals surface area contributed by atoms with E-state index in [0.717, 1.165) is 0 Å². The van der Waals surface area contributed by atoms with Crippen LogP contribution < -0.4 is 15.5 Å². The van der Waals surface area contributed by atoms with E-state index in [0.29, 0.717) is 51.4 Å². The number of anilines is 3. The lowest BCUT2D eigenvalue weighted by atomic mass is 10.0. The molecule has 0 amide bonds. The van der Waals surface area contributed by atoms with Crippen molar-refractivity contribution in [3.05, 3.63) is 17.8 Å². The van der Waals surface area contributed by atoms with Gasteiger partial charge in [-0.1, -0.05) is 27.7 Å². The molecule has 0 spiro atoms. The van der Waals surface area contributed by atoms with Crippen LogP contribution in [0.1, 0.15) is 39.7 Å². The lowest BCUT2D eigenvalue weighted by molar-refractivity contribution is 0.0785. The zero-order valence-electron chi connectivity index (χ0n) is 20.1. The van der Waals surface area contributed by atoms with Crippen molar-refractivity contribution in [1.29, 1.82) is 0 Å². The molecule has 2 saturated heterocycles. The first kappa shape index (κ1) is 24.5. The van der Waals surface area contributed by atoms with Crippen LogP contribution in [0, 0.1) is 11.8 Å². The van der Waals surface area contributed by atoms with Gasteiger partial charge in [0.15, 0.2) is 5.82 Å². The Morgan fingerprint density at radius 3 is 1.91 bits per heavy atom. The van der Waals surface area contributed by atoms with Gasteiger partial charge in [0.2, 0.25) is 11.9 Å². The molecule has 0 bridgehead atoms. The average Bonchev–Trinajstić information content (AvgIpc) is 2.83. The summed E-state index contributed by atoms with van der Waals surface area (Å²) in [4.78, 5) is 22.4. The zero-order chi connectivity index (χ0) is 24.4. The second-order valence-corrected chi connectivity index (χ2v) is 9.42. The Morgan fingerprint density at radius 2 is 1.44 bits per heavy atom. The van der Waals surface area contributed by atoms with Crippen LogP contribution in [0.15, 0.2) is 12.3 Å². The van der Waals surface area contributed by atoms with Crippen molar-refractivity contribution in [3.63, 3.8) is 0 Å². The molecule has 0 aliphatic carbocycles. The third-order valence-electron chi connectivity index (χ3n) is 6.43. The van der Waals surface area contributed by atoms with Gasteiger partial charge < -0.3 is 25.0 Å². The number of nitrogen functional groups attached to an aromatic ring is 1. The van der Waals surface area contributed by atoms with E-state index in [1.165, 1.54) is 12.3 Å². The fourth-order valence-electron chi connectivity index (χ4n) is 4.43. The molecule has 34 heavy (non-hydrogen) atoms. The van der Waals surface area contributed by atoms with Gasteiger partial charge in [-0.3, -0.25) is 0 Å². The SMILES string of the molecule is CC(C)[C@@H]1COCCN1c1nc(-c2cnc(N)cc2C(F)F)nc(N2CCOC[C@H]2C(C)C)n1. The number of rotatable bonds is 6. The van der Waals surface area contributed by atoms with Gasteiger partial charge in [-0.15, -0.1) is 0 Å². The first-order valence-electron chi connectivity index (χ1n) is 11.7. The smallest absolute Gasteiger partial charge is 0.264 e. The van der Waals surface area contributed by atoms with Crippen LogP contribution in [-0.4, -0.2) is 71.5 Å². The van der Waals surface area contributed by atoms with Crippen molar-refractivity contribution in [2.75, 3.05) is 55.1 Å². The number of aromatic nitrogens is 4. The molecule has 0 aromatic carbocycles. The van der Waals surface area contributed by atoms with Crippen molar-refractivity contribution in [2.24, 2.45) is 11.8 Å². The molecule has 0 unspecified atom stereocenters. The van der Waals surface area contributed by atoms with Gasteiger partial charge >= 0.3 is 0 Å². The number of hydrogen-bond donors (Lipinski definition) is 1. The zero-order valence-corrected chi connectivity index (χ0v) is 20.1. The summed E-state index contributed by atoms with van der Waals surface area (Å²) in [5.41, 5.74) is 5.60. The molecule has 186 valence electrons. The summed E-state index contributed by atoms with van der Waals surface area (Å²) in [7, 11) is 0. The molecular weight excluding hydrogens is 444 g/mol. The minimum Gasteiger partial charge on any atom is -0.384 e. The van der Waals surface area contributed by atoms with E-state index >= 15 is 0 Å². The number of nitrogens with two attached hydrogens (primary N) is 1. The van der Waals surface area contributed by atoms with Crippen molar-refractivity contribution < 1.29 is 18.3 Å². The van der Waals surface area contributed by atoms with E-state index in [-0.39, 0.29) is 46.7 Å². The summed E-state index contributed by atoms with van der Waals surface area (Å²) in [6.07, 6.45) is -1.43. The number of ether oxygens (including phenoxy) is 2. The third-order valence-corrected chi connectivity index (χ3v) is 6.43. The highest BCUT2D eigenvalue weighted by Gasteiger charge is 2.33. The van der Waals surface area contributed by atoms with Gasteiger partial charge in [-0.05, 0) is 17.9 Å². The van der Waals surface area contributed by atoms with Crippen LogP contribution in [0.4, 0.5) is 26.5 Å². The topological polar surface area (TPSA) is 103 Å². The minimum atomic E-state index is -2.75. The Bertz CT molecular complexity index is 946. The van der Waals surface area contributed by atoms with Gasteiger partial charge in [0, 0.05) is 30.4 Å². The van der Waals surface area contributed by atoms with Crippen LogP contribution in [0.2, 0.25) is 0 Å². The average molecular weight is 478 g/mol. The van der Waals surface area contributed by atoms with Gasteiger partial charge in [0.25, 0.3) is 6.43 Å². The molecule has 2 atom stereocenters. The molecule has 11 heteroatoms. The molecule has 2 aromatic rings.